The third kappa shape index (κ3) is 9.52. The van der Waals surface area contributed by atoms with Crippen molar-refractivity contribution < 1.29 is 38.1 Å². The number of hydrogen-bond acceptors (Lipinski definition) is 10. The number of aromatic nitrogens is 4. The standard InChI is InChI=1S/C58H42N4O8/c1-5-69-57(65)41-21-17-37(18-22-41)53-49-31-27-45(59-49)43(25-11-35-7-13-39(14-8-35)55(63)67-3)47-29-33-51(61-47)54(38-19-23-42(24-20-38)58(66)70-6-2)52-34-30-48(62-52)44(46-28-32-50(53)60-46)26-12-36-9-15-40(16-10-36)56(64)68-4/h7-10,13-24,27-34,59,62H,5-6H2,1-4H3. The van der Waals surface area contributed by atoms with Gasteiger partial charge in [0.05, 0.1) is 94.6 Å². The average Bonchev–Trinajstić information content (AvgIpc) is 4.25. The Morgan fingerprint density at radius 2 is 0.743 bits per heavy atom. The van der Waals surface area contributed by atoms with Crippen molar-refractivity contribution in [1.82, 2.24) is 19.9 Å². The number of carbonyl (C=O) groups excluding carboxylic acids is 4. The predicted molar refractivity (Wildman–Crippen MR) is 269 cm³/mol. The molecule has 0 saturated carbocycles. The second-order valence-corrected chi connectivity index (χ2v) is 15.7. The number of benzene rings is 4. The van der Waals surface area contributed by atoms with Crippen LogP contribution in [0.15, 0.2) is 121 Å². The minimum absolute atomic E-state index is 0.246. The monoisotopic (exact) mass is 922 g/mol. The first-order valence-corrected chi connectivity index (χ1v) is 22.3. The van der Waals surface area contributed by atoms with E-state index in [-0.39, 0.29) is 13.2 Å². The first kappa shape index (κ1) is 45.6. The summed E-state index contributed by atoms with van der Waals surface area (Å²) in [6.07, 6.45) is 7.67. The van der Waals surface area contributed by atoms with Crippen LogP contribution in [-0.2, 0) is 18.9 Å². The van der Waals surface area contributed by atoms with Gasteiger partial charge in [0.2, 0.25) is 0 Å². The molecule has 7 aromatic rings. The Hall–Kier alpha value is -9.52. The quantitative estimate of drug-likeness (QED) is 0.0852. The van der Waals surface area contributed by atoms with E-state index >= 15 is 0 Å². The lowest BCUT2D eigenvalue weighted by atomic mass is 10.0. The first-order chi connectivity index (χ1) is 34.1. The minimum atomic E-state index is -0.449. The predicted octanol–water partition coefficient (Wildman–Crippen LogP) is 10.7. The SMILES string of the molecule is CCOC(=O)c1ccc(-c2c3nc(c(C#Cc4ccc(C(=O)OC)cc4)c4ccc([nH]4)c(-c4ccc(C(=O)OCC)cc4)c4nc(c(C#Cc5ccc(C(=O)OC)cc5)c5ccc2[nH]5)C=C4)C=C3)cc1. The van der Waals surface area contributed by atoms with Crippen LogP contribution in [0.1, 0.15) is 100 Å². The van der Waals surface area contributed by atoms with E-state index in [1.54, 1.807) is 86.6 Å². The molecule has 0 fully saturated rings. The molecule has 342 valence electrons. The van der Waals surface area contributed by atoms with Gasteiger partial charge in [-0.2, -0.15) is 0 Å². The molecule has 70 heavy (non-hydrogen) atoms. The number of ether oxygens (including phenoxy) is 4. The van der Waals surface area contributed by atoms with E-state index in [9.17, 15) is 19.2 Å². The molecule has 0 saturated heterocycles. The molecule has 0 amide bonds. The maximum atomic E-state index is 12.7. The van der Waals surface area contributed by atoms with Gasteiger partial charge in [-0.15, -0.1) is 0 Å². The van der Waals surface area contributed by atoms with Crippen LogP contribution in [0.3, 0.4) is 0 Å². The van der Waals surface area contributed by atoms with Gasteiger partial charge >= 0.3 is 23.9 Å². The van der Waals surface area contributed by atoms with Gasteiger partial charge in [-0.3, -0.25) is 0 Å². The summed E-state index contributed by atoms with van der Waals surface area (Å²) >= 11 is 0. The Balaban J connectivity index is 1.34. The van der Waals surface area contributed by atoms with Crippen LogP contribution in [-0.4, -0.2) is 71.2 Å². The second kappa shape index (κ2) is 20.1. The van der Waals surface area contributed by atoms with Gasteiger partial charge in [-0.05, 0) is 146 Å². The molecule has 3 aromatic heterocycles. The van der Waals surface area contributed by atoms with Crippen LogP contribution in [0.2, 0.25) is 0 Å². The Kier molecular flexibility index (Phi) is 13.1. The van der Waals surface area contributed by atoms with Gasteiger partial charge in [0.25, 0.3) is 0 Å². The number of aromatic amines is 2. The van der Waals surface area contributed by atoms with Crippen molar-refractivity contribution in [2.45, 2.75) is 13.8 Å². The third-order valence-electron chi connectivity index (χ3n) is 11.4. The van der Waals surface area contributed by atoms with Crippen molar-refractivity contribution in [3.63, 3.8) is 0 Å². The van der Waals surface area contributed by atoms with E-state index in [0.29, 0.717) is 89.4 Å². The molecule has 12 nitrogen and oxygen atoms in total. The number of H-pyrrole nitrogens is 2. The molecule has 0 unspecified atom stereocenters. The second-order valence-electron chi connectivity index (χ2n) is 15.7. The van der Waals surface area contributed by atoms with Crippen LogP contribution < -0.4 is 0 Å². The van der Waals surface area contributed by atoms with Gasteiger partial charge in [0.15, 0.2) is 0 Å². The molecule has 12 heteroatoms. The van der Waals surface area contributed by atoms with E-state index in [0.717, 1.165) is 22.3 Å². The molecule has 0 radical (unpaired) electrons. The summed E-state index contributed by atoms with van der Waals surface area (Å²) in [6, 6.07) is 35.8. The van der Waals surface area contributed by atoms with E-state index in [1.807, 2.05) is 72.8 Å². The molecule has 5 heterocycles. The number of hydrogen-bond donors (Lipinski definition) is 2. The first-order valence-electron chi connectivity index (χ1n) is 22.3. The van der Waals surface area contributed by atoms with Crippen molar-refractivity contribution in [1.29, 1.82) is 0 Å². The Labute approximate surface area is 402 Å². The normalized spacial score (nSPS) is 11.1. The lowest BCUT2D eigenvalue weighted by Crippen LogP contribution is -2.04. The highest BCUT2D eigenvalue weighted by atomic mass is 16.5. The Morgan fingerprint density at radius 3 is 1.10 bits per heavy atom. The molecule has 4 aromatic carbocycles. The average molecular weight is 923 g/mol. The number of fused-ring (bicyclic) bond motifs is 8. The zero-order chi connectivity index (χ0) is 48.7. The lowest BCUT2D eigenvalue weighted by molar-refractivity contribution is 0.0517. The number of esters is 4. The van der Waals surface area contributed by atoms with Crippen LogP contribution in [0.4, 0.5) is 0 Å². The third-order valence-corrected chi connectivity index (χ3v) is 11.4. The fourth-order valence-corrected chi connectivity index (χ4v) is 7.94. The molecule has 8 bridgehead atoms. The fraction of sp³-hybridized carbons (Fsp3) is 0.103. The molecular weight excluding hydrogens is 881 g/mol. The van der Waals surface area contributed by atoms with Crippen molar-refractivity contribution in [3.05, 3.63) is 189 Å². The molecule has 2 aliphatic heterocycles. The summed E-state index contributed by atoms with van der Waals surface area (Å²) < 4.78 is 20.4. The number of methoxy groups -OCH3 is 2. The van der Waals surface area contributed by atoms with E-state index in [2.05, 4.69) is 33.6 Å². The summed E-state index contributed by atoms with van der Waals surface area (Å²) in [5.41, 5.74) is 12.3. The van der Waals surface area contributed by atoms with Crippen molar-refractivity contribution in [2.75, 3.05) is 27.4 Å². The zero-order valence-electron chi connectivity index (χ0n) is 38.4. The van der Waals surface area contributed by atoms with Gasteiger partial charge < -0.3 is 28.9 Å². The maximum Gasteiger partial charge on any atom is 0.338 e. The topological polar surface area (TPSA) is 163 Å². The number of nitrogens with one attached hydrogen (secondary N) is 2. The lowest BCUT2D eigenvalue weighted by Gasteiger charge is -2.07. The molecule has 2 aliphatic rings. The van der Waals surface area contributed by atoms with Gasteiger partial charge in [0.1, 0.15) is 0 Å². The van der Waals surface area contributed by atoms with Crippen molar-refractivity contribution in [2.24, 2.45) is 0 Å². The largest absolute Gasteiger partial charge is 0.465 e. The smallest absolute Gasteiger partial charge is 0.338 e. The van der Waals surface area contributed by atoms with Crippen LogP contribution in [0, 0.1) is 23.7 Å². The highest BCUT2D eigenvalue weighted by Crippen LogP contribution is 2.35. The summed E-state index contributed by atoms with van der Waals surface area (Å²) in [5.74, 6) is 11.6. The Morgan fingerprint density at radius 1 is 0.414 bits per heavy atom. The summed E-state index contributed by atoms with van der Waals surface area (Å²) in [7, 11) is 2.67. The van der Waals surface area contributed by atoms with E-state index in [1.165, 1.54) is 14.2 Å². The Bertz CT molecular complexity index is 3350. The van der Waals surface area contributed by atoms with Gasteiger partial charge in [-0.1, -0.05) is 47.9 Å². The van der Waals surface area contributed by atoms with Crippen molar-refractivity contribution >= 4 is 70.2 Å². The van der Waals surface area contributed by atoms with E-state index in [4.69, 9.17) is 28.9 Å². The zero-order valence-corrected chi connectivity index (χ0v) is 38.4. The van der Waals surface area contributed by atoms with Gasteiger partial charge in [0, 0.05) is 33.3 Å². The van der Waals surface area contributed by atoms with Crippen molar-refractivity contribution in [3.8, 4) is 45.9 Å². The van der Waals surface area contributed by atoms with Crippen LogP contribution >= 0.6 is 0 Å². The van der Waals surface area contributed by atoms with Crippen LogP contribution in [0.5, 0.6) is 0 Å². The van der Waals surface area contributed by atoms with E-state index < -0.39 is 23.9 Å². The molecule has 0 aliphatic carbocycles. The molecule has 2 N–H and O–H groups in total. The summed E-state index contributed by atoms with van der Waals surface area (Å²) in [4.78, 5) is 67.6. The number of carbonyl (C=O) groups is 4. The highest BCUT2D eigenvalue weighted by molar-refractivity contribution is 5.97. The van der Waals surface area contributed by atoms with Crippen LogP contribution in [0.25, 0.3) is 68.6 Å². The maximum absolute atomic E-state index is 12.7. The summed E-state index contributed by atoms with van der Waals surface area (Å²) in [6.45, 7) is 4.02. The van der Waals surface area contributed by atoms with Gasteiger partial charge in [-0.25, -0.2) is 29.1 Å². The minimum Gasteiger partial charge on any atom is -0.465 e. The number of rotatable bonds is 8. The molecule has 0 atom stereocenters. The fourth-order valence-electron chi connectivity index (χ4n) is 7.94. The molecular formula is C58H42N4O8. The number of nitrogens with zero attached hydrogens (tertiary/aromatic N) is 2. The highest BCUT2D eigenvalue weighted by Gasteiger charge is 2.19. The molecule has 9 rings (SSSR count). The summed E-state index contributed by atoms with van der Waals surface area (Å²) in [5, 5.41) is 0. The molecule has 0 spiro atoms.